The van der Waals surface area contributed by atoms with Crippen LogP contribution in [-0.4, -0.2) is 27.5 Å². The highest BCUT2D eigenvalue weighted by Gasteiger charge is 2.07. The van der Waals surface area contributed by atoms with E-state index in [1.54, 1.807) is 0 Å². The lowest BCUT2D eigenvalue weighted by Crippen LogP contribution is -2.26. The van der Waals surface area contributed by atoms with Crippen LogP contribution in [0, 0.1) is 6.92 Å². The monoisotopic (exact) mass is 259 g/mol. The van der Waals surface area contributed by atoms with E-state index in [0.29, 0.717) is 6.04 Å². The molecule has 0 aliphatic heterocycles. The van der Waals surface area contributed by atoms with E-state index in [1.165, 1.54) is 5.56 Å². The van der Waals surface area contributed by atoms with Crippen molar-refractivity contribution in [3.63, 3.8) is 0 Å². The lowest BCUT2D eigenvalue weighted by Gasteiger charge is -2.11. The van der Waals surface area contributed by atoms with Crippen LogP contribution in [0.25, 0.3) is 5.69 Å². The van der Waals surface area contributed by atoms with Gasteiger partial charge in [0.05, 0.1) is 11.4 Å². The summed E-state index contributed by atoms with van der Waals surface area (Å²) in [6.07, 6.45) is 2.83. The molecule has 0 saturated carbocycles. The Labute approximate surface area is 114 Å². The maximum Gasteiger partial charge on any atom is 0.0645 e. The number of hydrogen-bond acceptors (Lipinski definition) is 3. The van der Waals surface area contributed by atoms with Crippen LogP contribution in [0.2, 0.25) is 0 Å². The molecule has 0 aliphatic carbocycles. The Morgan fingerprint density at radius 3 is 2.74 bits per heavy atom. The van der Waals surface area contributed by atoms with Crippen LogP contribution in [0.1, 0.15) is 24.6 Å². The number of nitrogens with zero attached hydrogens (tertiary/aromatic N) is 2. The second kappa shape index (κ2) is 6.50. The zero-order valence-electron chi connectivity index (χ0n) is 11.5. The normalized spacial score (nSPS) is 12.6. The van der Waals surface area contributed by atoms with Gasteiger partial charge in [-0.2, -0.15) is 5.10 Å². The fourth-order valence-corrected chi connectivity index (χ4v) is 1.96. The summed E-state index contributed by atoms with van der Waals surface area (Å²) in [5.41, 5.74) is 3.29. The van der Waals surface area contributed by atoms with Gasteiger partial charge in [-0.05, 0) is 32.4 Å². The standard InChI is InChI=1S/C15H21N3O/c1-12(8-9-19)16-10-14-11-18(17-13(14)2)15-6-4-3-5-7-15/h3-7,11-12,16,19H,8-10H2,1-2H3. The van der Waals surface area contributed by atoms with E-state index in [4.69, 9.17) is 5.11 Å². The number of aliphatic hydroxyl groups excluding tert-OH is 1. The van der Waals surface area contributed by atoms with Crippen LogP contribution >= 0.6 is 0 Å². The van der Waals surface area contributed by atoms with Gasteiger partial charge in [-0.25, -0.2) is 4.68 Å². The first-order chi connectivity index (χ1) is 9.20. The van der Waals surface area contributed by atoms with E-state index in [-0.39, 0.29) is 6.61 Å². The van der Waals surface area contributed by atoms with Gasteiger partial charge in [-0.1, -0.05) is 18.2 Å². The number of aromatic nitrogens is 2. The van der Waals surface area contributed by atoms with Crippen molar-refractivity contribution in [3.8, 4) is 5.69 Å². The van der Waals surface area contributed by atoms with Gasteiger partial charge >= 0.3 is 0 Å². The van der Waals surface area contributed by atoms with Crippen LogP contribution in [-0.2, 0) is 6.54 Å². The van der Waals surface area contributed by atoms with Gasteiger partial charge in [-0.3, -0.25) is 0 Å². The zero-order chi connectivity index (χ0) is 13.7. The maximum atomic E-state index is 8.88. The first-order valence-corrected chi connectivity index (χ1v) is 6.65. The average molecular weight is 259 g/mol. The third-order valence-electron chi connectivity index (χ3n) is 3.22. The minimum absolute atomic E-state index is 0.219. The zero-order valence-corrected chi connectivity index (χ0v) is 11.5. The third kappa shape index (κ3) is 3.66. The predicted octanol–water partition coefficient (Wildman–Crippen LogP) is 2.04. The summed E-state index contributed by atoms with van der Waals surface area (Å²) in [4.78, 5) is 0. The van der Waals surface area contributed by atoms with Gasteiger partial charge in [0.1, 0.15) is 0 Å². The molecule has 4 heteroatoms. The van der Waals surface area contributed by atoms with Gasteiger partial charge in [-0.15, -0.1) is 0 Å². The molecule has 0 bridgehead atoms. The van der Waals surface area contributed by atoms with Crippen LogP contribution in [0.3, 0.4) is 0 Å². The van der Waals surface area contributed by atoms with E-state index >= 15 is 0 Å². The minimum Gasteiger partial charge on any atom is -0.396 e. The average Bonchev–Trinajstić information content (AvgIpc) is 2.79. The van der Waals surface area contributed by atoms with Gasteiger partial charge in [0.25, 0.3) is 0 Å². The van der Waals surface area contributed by atoms with Gasteiger partial charge < -0.3 is 10.4 Å². The number of hydrogen-bond donors (Lipinski definition) is 2. The summed E-state index contributed by atoms with van der Waals surface area (Å²) >= 11 is 0. The van der Waals surface area contributed by atoms with Crippen molar-refractivity contribution in [1.82, 2.24) is 15.1 Å². The molecule has 1 unspecified atom stereocenters. The fraction of sp³-hybridized carbons (Fsp3) is 0.400. The molecular weight excluding hydrogens is 238 g/mol. The maximum absolute atomic E-state index is 8.88. The molecule has 2 N–H and O–H groups in total. The van der Waals surface area contributed by atoms with Crippen molar-refractivity contribution in [2.45, 2.75) is 32.9 Å². The Hall–Kier alpha value is -1.65. The van der Waals surface area contributed by atoms with Crippen molar-refractivity contribution in [1.29, 1.82) is 0 Å². The number of aliphatic hydroxyl groups is 1. The lowest BCUT2D eigenvalue weighted by atomic mass is 10.2. The van der Waals surface area contributed by atoms with E-state index in [9.17, 15) is 0 Å². The van der Waals surface area contributed by atoms with Crippen molar-refractivity contribution in [3.05, 3.63) is 47.8 Å². The smallest absolute Gasteiger partial charge is 0.0645 e. The molecule has 1 aromatic carbocycles. The number of benzene rings is 1. The van der Waals surface area contributed by atoms with Crippen LogP contribution in [0.15, 0.2) is 36.5 Å². The Morgan fingerprint density at radius 2 is 2.05 bits per heavy atom. The second-order valence-corrected chi connectivity index (χ2v) is 4.81. The van der Waals surface area contributed by atoms with Crippen molar-refractivity contribution in [2.75, 3.05) is 6.61 Å². The number of aryl methyl sites for hydroxylation is 1. The molecule has 4 nitrogen and oxygen atoms in total. The summed E-state index contributed by atoms with van der Waals surface area (Å²) in [5.74, 6) is 0. The summed E-state index contributed by atoms with van der Waals surface area (Å²) in [6, 6.07) is 10.4. The molecule has 0 spiro atoms. The molecule has 1 atom stereocenters. The molecule has 0 radical (unpaired) electrons. The molecule has 0 aliphatic rings. The van der Waals surface area contributed by atoms with Crippen LogP contribution < -0.4 is 5.32 Å². The summed E-state index contributed by atoms with van der Waals surface area (Å²) in [5, 5.41) is 16.8. The van der Waals surface area contributed by atoms with Crippen molar-refractivity contribution >= 4 is 0 Å². The topological polar surface area (TPSA) is 50.1 Å². The largest absolute Gasteiger partial charge is 0.396 e. The van der Waals surface area contributed by atoms with Gasteiger partial charge in [0, 0.05) is 31.0 Å². The molecule has 0 saturated heterocycles. The molecule has 19 heavy (non-hydrogen) atoms. The Morgan fingerprint density at radius 1 is 1.32 bits per heavy atom. The van der Waals surface area contributed by atoms with E-state index in [2.05, 4.69) is 23.5 Å². The molecule has 2 aromatic rings. The second-order valence-electron chi connectivity index (χ2n) is 4.81. The first-order valence-electron chi connectivity index (χ1n) is 6.65. The molecule has 2 rings (SSSR count). The number of nitrogens with one attached hydrogen (secondary N) is 1. The quantitative estimate of drug-likeness (QED) is 0.834. The predicted molar refractivity (Wildman–Crippen MR) is 76.3 cm³/mol. The Bertz CT molecular complexity index is 507. The molecule has 0 fully saturated rings. The van der Waals surface area contributed by atoms with E-state index in [1.807, 2.05) is 41.9 Å². The lowest BCUT2D eigenvalue weighted by molar-refractivity contribution is 0.268. The molecule has 1 aromatic heterocycles. The summed E-state index contributed by atoms with van der Waals surface area (Å²) < 4.78 is 1.91. The molecule has 102 valence electrons. The highest BCUT2D eigenvalue weighted by atomic mass is 16.3. The van der Waals surface area contributed by atoms with E-state index in [0.717, 1.165) is 24.3 Å². The molecule has 0 amide bonds. The van der Waals surface area contributed by atoms with Crippen molar-refractivity contribution in [2.24, 2.45) is 0 Å². The fourth-order valence-electron chi connectivity index (χ4n) is 1.96. The van der Waals surface area contributed by atoms with Gasteiger partial charge in [0.2, 0.25) is 0 Å². The third-order valence-corrected chi connectivity index (χ3v) is 3.22. The van der Waals surface area contributed by atoms with Crippen molar-refractivity contribution < 1.29 is 5.11 Å². The SMILES string of the molecule is Cc1nn(-c2ccccc2)cc1CNC(C)CCO. The summed E-state index contributed by atoms with van der Waals surface area (Å²) in [7, 11) is 0. The highest BCUT2D eigenvalue weighted by molar-refractivity contribution is 5.32. The molecular formula is C15H21N3O. The Balaban J connectivity index is 2.05. The molecule has 1 heterocycles. The van der Waals surface area contributed by atoms with Crippen LogP contribution in [0.5, 0.6) is 0 Å². The number of rotatable bonds is 6. The Kier molecular flexibility index (Phi) is 4.71. The van der Waals surface area contributed by atoms with Crippen LogP contribution in [0.4, 0.5) is 0 Å². The summed E-state index contributed by atoms with van der Waals surface area (Å²) in [6.45, 7) is 5.09. The van der Waals surface area contributed by atoms with E-state index < -0.39 is 0 Å². The first kappa shape index (κ1) is 13.8. The van der Waals surface area contributed by atoms with Gasteiger partial charge in [0.15, 0.2) is 0 Å². The highest BCUT2D eigenvalue weighted by Crippen LogP contribution is 2.11. The minimum atomic E-state index is 0.219. The number of para-hydroxylation sites is 1.